The second-order valence-electron chi connectivity index (χ2n) is 4.50. The molecule has 5 heteroatoms. The molecule has 0 atom stereocenters. The molecule has 0 spiro atoms. The Bertz CT molecular complexity index is 737. The fraction of sp³-hybridized carbons (Fsp3) is 0.133. The van der Waals surface area contributed by atoms with Crippen molar-refractivity contribution in [3.63, 3.8) is 0 Å². The Morgan fingerprint density at radius 2 is 2.10 bits per heavy atom. The number of hydrogen-bond donors (Lipinski definition) is 1. The summed E-state index contributed by atoms with van der Waals surface area (Å²) in [7, 11) is 0. The SMILES string of the molecule is Cc1ccc2ccccc2c1C=NN=C1NC(=O)CS1. The van der Waals surface area contributed by atoms with Crippen molar-refractivity contribution in [3.8, 4) is 0 Å². The fourth-order valence-electron chi connectivity index (χ4n) is 2.09. The third-order valence-corrected chi connectivity index (χ3v) is 3.97. The second-order valence-corrected chi connectivity index (χ2v) is 5.47. The van der Waals surface area contributed by atoms with Crippen LogP contribution in [-0.4, -0.2) is 23.0 Å². The van der Waals surface area contributed by atoms with E-state index in [0.717, 1.165) is 16.5 Å². The lowest BCUT2D eigenvalue weighted by Gasteiger charge is -2.04. The summed E-state index contributed by atoms with van der Waals surface area (Å²) in [6, 6.07) is 12.3. The number of benzene rings is 2. The fourth-order valence-corrected chi connectivity index (χ4v) is 2.73. The third kappa shape index (κ3) is 2.58. The molecule has 20 heavy (non-hydrogen) atoms. The first kappa shape index (κ1) is 12.9. The van der Waals surface area contributed by atoms with Crippen LogP contribution in [0.2, 0.25) is 0 Å². The van der Waals surface area contributed by atoms with Crippen molar-refractivity contribution >= 4 is 39.8 Å². The van der Waals surface area contributed by atoms with Crippen LogP contribution in [0.25, 0.3) is 10.8 Å². The minimum absolute atomic E-state index is 0.0229. The van der Waals surface area contributed by atoms with E-state index in [1.165, 1.54) is 17.1 Å². The first-order valence-electron chi connectivity index (χ1n) is 6.26. The average molecular weight is 283 g/mol. The summed E-state index contributed by atoms with van der Waals surface area (Å²) in [5.41, 5.74) is 2.21. The van der Waals surface area contributed by atoms with Crippen molar-refractivity contribution in [3.05, 3.63) is 47.5 Å². The molecule has 0 radical (unpaired) electrons. The van der Waals surface area contributed by atoms with Crippen LogP contribution in [0.4, 0.5) is 0 Å². The lowest BCUT2D eigenvalue weighted by molar-refractivity contribution is -0.116. The molecule has 0 aromatic heterocycles. The van der Waals surface area contributed by atoms with Gasteiger partial charge in [-0.1, -0.05) is 48.2 Å². The van der Waals surface area contributed by atoms with E-state index < -0.39 is 0 Å². The molecule has 3 rings (SSSR count). The van der Waals surface area contributed by atoms with Crippen LogP contribution in [0.3, 0.4) is 0 Å². The molecule has 2 aromatic rings. The second kappa shape index (κ2) is 5.46. The van der Waals surface area contributed by atoms with Gasteiger partial charge >= 0.3 is 0 Å². The largest absolute Gasteiger partial charge is 0.303 e. The van der Waals surface area contributed by atoms with E-state index in [1.54, 1.807) is 6.21 Å². The number of carbonyl (C=O) groups is 1. The highest BCUT2D eigenvalue weighted by Crippen LogP contribution is 2.20. The van der Waals surface area contributed by atoms with Gasteiger partial charge in [0.05, 0.1) is 12.0 Å². The summed E-state index contributed by atoms with van der Waals surface area (Å²) in [6.07, 6.45) is 1.75. The van der Waals surface area contributed by atoms with Crippen LogP contribution in [0, 0.1) is 6.92 Å². The smallest absolute Gasteiger partial charge is 0.236 e. The lowest BCUT2D eigenvalue weighted by atomic mass is 10.0. The van der Waals surface area contributed by atoms with Crippen molar-refractivity contribution in [2.24, 2.45) is 10.2 Å². The molecule has 1 fully saturated rings. The predicted molar refractivity (Wildman–Crippen MR) is 84.3 cm³/mol. The molecule has 0 saturated carbocycles. The third-order valence-electron chi connectivity index (χ3n) is 3.11. The molecule has 100 valence electrons. The monoisotopic (exact) mass is 283 g/mol. The van der Waals surface area contributed by atoms with Crippen molar-refractivity contribution in [2.75, 3.05) is 5.75 Å². The minimum atomic E-state index is -0.0229. The van der Waals surface area contributed by atoms with E-state index in [0.29, 0.717) is 10.9 Å². The summed E-state index contributed by atoms with van der Waals surface area (Å²) in [5, 5.41) is 13.7. The summed E-state index contributed by atoms with van der Waals surface area (Å²) in [5.74, 6) is 0.395. The van der Waals surface area contributed by atoms with Gasteiger partial charge in [0.1, 0.15) is 0 Å². The average Bonchev–Trinajstić information content (AvgIpc) is 2.87. The van der Waals surface area contributed by atoms with E-state index >= 15 is 0 Å². The van der Waals surface area contributed by atoms with E-state index in [4.69, 9.17) is 0 Å². The normalized spacial score (nSPS) is 17.2. The van der Waals surface area contributed by atoms with Gasteiger partial charge < -0.3 is 5.32 Å². The van der Waals surface area contributed by atoms with Crippen LogP contribution in [0.15, 0.2) is 46.6 Å². The molecule has 1 aliphatic rings. The van der Waals surface area contributed by atoms with Gasteiger partial charge in [-0.25, -0.2) is 0 Å². The lowest BCUT2D eigenvalue weighted by Crippen LogP contribution is -2.19. The number of nitrogens with one attached hydrogen (secondary N) is 1. The number of carbonyl (C=O) groups excluding carboxylic acids is 1. The topological polar surface area (TPSA) is 53.8 Å². The van der Waals surface area contributed by atoms with E-state index in [-0.39, 0.29) is 5.91 Å². The maximum absolute atomic E-state index is 11.1. The minimum Gasteiger partial charge on any atom is -0.303 e. The molecule has 4 nitrogen and oxygen atoms in total. The van der Waals surface area contributed by atoms with Crippen molar-refractivity contribution in [1.29, 1.82) is 0 Å². The Hall–Kier alpha value is -2.14. The van der Waals surface area contributed by atoms with E-state index in [9.17, 15) is 4.79 Å². The van der Waals surface area contributed by atoms with Gasteiger partial charge in [-0.2, -0.15) is 5.10 Å². The molecule has 1 N–H and O–H groups in total. The molecule has 1 aliphatic heterocycles. The predicted octanol–water partition coefficient (Wildman–Crippen LogP) is 2.70. The molecule has 1 heterocycles. The van der Waals surface area contributed by atoms with Gasteiger partial charge in [0.15, 0.2) is 5.17 Å². The molecule has 0 aliphatic carbocycles. The maximum atomic E-state index is 11.1. The van der Waals surface area contributed by atoms with E-state index in [1.807, 2.05) is 19.1 Å². The van der Waals surface area contributed by atoms with Gasteiger partial charge in [0, 0.05) is 5.56 Å². The molecule has 1 saturated heterocycles. The standard InChI is InChI=1S/C15H13N3OS/c1-10-6-7-11-4-2-3-5-12(11)13(10)8-16-18-15-17-14(19)9-20-15/h2-8H,9H2,1H3,(H,17,18,19). The Morgan fingerprint density at radius 1 is 1.25 bits per heavy atom. The number of amides is 1. The Kier molecular flexibility index (Phi) is 3.52. The maximum Gasteiger partial charge on any atom is 0.236 e. The van der Waals surface area contributed by atoms with Crippen LogP contribution in [0.5, 0.6) is 0 Å². The Labute approximate surface area is 121 Å². The zero-order valence-electron chi connectivity index (χ0n) is 11.0. The zero-order valence-corrected chi connectivity index (χ0v) is 11.8. The first-order chi connectivity index (χ1) is 9.74. The summed E-state index contributed by atoms with van der Waals surface area (Å²) in [4.78, 5) is 11.1. The van der Waals surface area contributed by atoms with Crippen LogP contribution < -0.4 is 5.32 Å². The highest BCUT2D eigenvalue weighted by Gasteiger charge is 2.15. The van der Waals surface area contributed by atoms with Crippen LogP contribution >= 0.6 is 11.8 Å². The number of fused-ring (bicyclic) bond motifs is 1. The number of rotatable bonds is 2. The van der Waals surface area contributed by atoms with E-state index in [2.05, 4.69) is 39.8 Å². The molecular weight excluding hydrogens is 270 g/mol. The van der Waals surface area contributed by atoms with Crippen molar-refractivity contribution in [1.82, 2.24) is 5.32 Å². The van der Waals surface area contributed by atoms with Gasteiger partial charge in [-0.05, 0) is 23.3 Å². The molecule has 0 unspecified atom stereocenters. The first-order valence-corrected chi connectivity index (χ1v) is 7.24. The van der Waals surface area contributed by atoms with Gasteiger partial charge in [-0.15, -0.1) is 5.10 Å². The van der Waals surface area contributed by atoms with Gasteiger partial charge in [0.25, 0.3) is 0 Å². The summed E-state index contributed by atoms with van der Waals surface area (Å²) in [6.45, 7) is 2.05. The highest BCUT2D eigenvalue weighted by molar-refractivity contribution is 8.15. The quantitative estimate of drug-likeness (QED) is 0.680. The van der Waals surface area contributed by atoms with Crippen molar-refractivity contribution < 1.29 is 4.79 Å². The Morgan fingerprint density at radius 3 is 2.90 bits per heavy atom. The van der Waals surface area contributed by atoms with Crippen LogP contribution in [-0.2, 0) is 4.79 Å². The highest BCUT2D eigenvalue weighted by atomic mass is 32.2. The Balaban J connectivity index is 1.94. The number of nitrogens with zero attached hydrogens (tertiary/aromatic N) is 2. The molecule has 2 aromatic carbocycles. The number of hydrogen-bond acceptors (Lipinski definition) is 4. The number of amidine groups is 1. The summed E-state index contributed by atoms with van der Waals surface area (Å²) >= 11 is 1.37. The van der Waals surface area contributed by atoms with Gasteiger partial charge in [0.2, 0.25) is 5.91 Å². The van der Waals surface area contributed by atoms with Crippen LogP contribution in [0.1, 0.15) is 11.1 Å². The molecule has 0 bridgehead atoms. The number of thioether (sulfide) groups is 1. The zero-order chi connectivity index (χ0) is 13.9. The van der Waals surface area contributed by atoms with Crippen molar-refractivity contribution in [2.45, 2.75) is 6.92 Å². The summed E-state index contributed by atoms with van der Waals surface area (Å²) < 4.78 is 0. The number of aryl methyl sites for hydroxylation is 1. The molecule has 1 amide bonds. The van der Waals surface area contributed by atoms with Gasteiger partial charge in [-0.3, -0.25) is 4.79 Å². The molecular formula is C15H13N3OS.